The van der Waals surface area contributed by atoms with Crippen LogP contribution in [0.25, 0.3) is 28.1 Å². The predicted octanol–water partition coefficient (Wildman–Crippen LogP) is 1.29. The standard InChI is InChI=1S/C28H32FN9O4S/c1-34-24-22-17-20(23-4-3-14-42-23)33-38(22)27(30)32-25(24)37(28(34)40)13-10-35-8-11-36(12-9-35)21-6-5-18(16-19(21)29)26(39)31-7-15-43(2)41/h3-6,14,16-17H,7-13,15H2,1-2H3,(H2,30,32)(H,31,39). The Morgan fingerprint density at radius 3 is 2.65 bits per heavy atom. The Balaban J connectivity index is 1.12. The van der Waals surface area contributed by atoms with Gasteiger partial charge in [0.25, 0.3) is 5.91 Å². The highest BCUT2D eigenvalue weighted by Crippen LogP contribution is 2.26. The number of furan rings is 1. The minimum absolute atomic E-state index is 0.163. The highest BCUT2D eigenvalue weighted by molar-refractivity contribution is 7.84. The number of nitrogens with two attached hydrogens (primary N) is 1. The molecule has 0 radical (unpaired) electrons. The van der Waals surface area contributed by atoms with Crippen molar-refractivity contribution in [3.8, 4) is 11.5 Å². The smallest absolute Gasteiger partial charge is 0.330 e. The Kier molecular flexibility index (Phi) is 7.75. The molecule has 1 aliphatic rings. The minimum Gasteiger partial charge on any atom is -0.463 e. The fourth-order valence-corrected chi connectivity index (χ4v) is 5.83. The van der Waals surface area contributed by atoms with Crippen LogP contribution in [0.15, 0.2) is 51.9 Å². The molecule has 1 atom stereocenters. The molecule has 5 aromatic rings. The summed E-state index contributed by atoms with van der Waals surface area (Å²) in [6, 6.07) is 9.87. The van der Waals surface area contributed by atoms with Crippen molar-refractivity contribution < 1.29 is 17.8 Å². The van der Waals surface area contributed by atoms with E-state index in [-0.39, 0.29) is 23.7 Å². The zero-order chi connectivity index (χ0) is 30.2. The molecular weight excluding hydrogens is 577 g/mol. The number of halogens is 1. The average molecular weight is 610 g/mol. The third kappa shape index (κ3) is 5.52. The first-order valence-electron chi connectivity index (χ1n) is 13.8. The van der Waals surface area contributed by atoms with Gasteiger partial charge in [-0.15, -0.1) is 0 Å². The highest BCUT2D eigenvalue weighted by Gasteiger charge is 2.23. The quantitative estimate of drug-likeness (QED) is 0.252. The molecule has 1 aromatic carbocycles. The molecule has 0 aliphatic carbocycles. The second-order valence-corrected chi connectivity index (χ2v) is 12.0. The van der Waals surface area contributed by atoms with E-state index in [1.54, 1.807) is 53.0 Å². The SMILES string of the molecule is Cn1c(=O)n(CCN2CCN(c3ccc(C(=O)NCCS(C)=O)cc3F)CC2)c2nc(N)n3nc(-c4ccco4)cc3c21. The summed E-state index contributed by atoms with van der Waals surface area (Å²) in [7, 11) is 0.689. The summed E-state index contributed by atoms with van der Waals surface area (Å²) >= 11 is 0. The molecular formula is C28H32FN9O4S. The molecule has 1 amide bonds. The van der Waals surface area contributed by atoms with E-state index in [0.29, 0.717) is 78.8 Å². The number of aromatic nitrogens is 5. The van der Waals surface area contributed by atoms with E-state index in [4.69, 9.17) is 10.2 Å². The van der Waals surface area contributed by atoms with Gasteiger partial charge in [-0.05, 0) is 36.4 Å². The maximum absolute atomic E-state index is 15.0. The van der Waals surface area contributed by atoms with Crippen LogP contribution in [0.4, 0.5) is 16.0 Å². The van der Waals surface area contributed by atoms with Gasteiger partial charge in [-0.25, -0.2) is 9.18 Å². The number of imidazole rings is 1. The van der Waals surface area contributed by atoms with Crippen molar-refractivity contribution in [3.63, 3.8) is 0 Å². The van der Waals surface area contributed by atoms with Gasteiger partial charge in [-0.2, -0.15) is 14.6 Å². The molecule has 1 saturated heterocycles. The van der Waals surface area contributed by atoms with Gasteiger partial charge >= 0.3 is 5.69 Å². The summed E-state index contributed by atoms with van der Waals surface area (Å²) in [5, 5.41) is 7.18. The van der Waals surface area contributed by atoms with Gasteiger partial charge in [0.15, 0.2) is 11.4 Å². The van der Waals surface area contributed by atoms with Crippen molar-refractivity contribution in [1.82, 2.24) is 33.9 Å². The van der Waals surface area contributed by atoms with Gasteiger partial charge in [0, 0.05) is 81.2 Å². The summed E-state index contributed by atoms with van der Waals surface area (Å²) in [5.74, 6) is 0.234. The highest BCUT2D eigenvalue weighted by atomic mass is 32.2. The fourth-order valence-electron chi connectivity index (χ4n) is 5.44. The molecule has 15 heteroatoms. The number of piperazine rings is 1. The number of nitrogens with one attached hydrogen (secondary N) is 1. The number of amides is 1. The first-order valence-corrected chi connectivity index (χ1v) is 15.6. The monoisotopic (exact) mass is 609 g/mol. The number of rotatable bonds is 9. The summed E-state index contributed by atoms with van der Waals surface area (Å²) in [6.07, 6.45) is 3.13. The first-order chi connectivity index (χ1) is 20.7. The van der Waals surface area contributed by atoms with E-state index in [9.17, 15) is 18.2 Å². The van der Waals surface area contributed by atoms with Gasteiger partial charge in [-0.3, -0.25) is 23.0 Å². The summed E-state index contributed by atoms with van der Waals surface area (Å²) < 4.78 is 36.3. The van der Waals surface area contributed by atoms with Crippen molar-refractivity contribution >= 4 is 45.0 Å². The fraction of sp³-hybridized carbons (Fsp3) is 0.357. The lowest BCUT2D eigenvalue weighted by molar-refractivity contribution is 0.0955. The lowest BCUT2D eigenvalue weighted by Gasteiger charge is -2.36. The molecule has 6 rings (SSSR count). The number of carbonyl (C=O) groups excluding carboxylic acids is 1. The Morgan fingerprint density at radius 2 is 1.95 bits per heavy atom. The van der Waals surface area contributed by atoms with Crippen molar-refractivity contribution in [2.24, 2.45) is 7.05 Å². The van der Waals surface area contributed by atoms with E-state index in [0.717, 1.165) is 0 Å². The molecule has 226 valence electrons. The zero-order valence-electron chi connectivity index (χ0n) is 23.8. The van der Waals surface area contributed by atoms with E-state index in [1.165, 1.54) is 10.6 Å². The molecule has 43 heavy (non-hydrogen) atoms. The number of hydrogen-bond donors (Lipinski definition) is 2. The second-order valence-electron chi connectivity index (χ2n) is 10.5. The first kappa shape index (κ1) is 28.6. The van der Waals surface area contributed by atoms with Crippen molar-refractivity contribution in [2.45, 2.75) is 6.54 Å². The van der Waals surface area contributed by atoms with E-state index >= 15 is 0 Å². The number of fused-ring (bicyclic) bond motifs is 3. The number of anilines is 2. The van der Waals surface area contributed by atoms with Gasteiger partial charge < -0.3 is 20.4 Å². The molecule has 13 nitrogen and oxygen atoms in total. The van der Waals surface area contributed by atoms with Crippen LogP contribution in [0.1, 0.15) is 10.4 Å². The predicted molar refractivity (Wildman–Crippen MR) is 162 cm³/mol. The normalized spacial score (nSPS) is 15.0. The second kappa shape index (κ2) is 11.6. The topological polar surface area (TPSA) is 149 Å². The Morgan fingerprint density at radius 1 is 1.16 bits per heavy atom. The zero-order valence-corrected chi connectivity index (χ0v) is 24.6. The van der Waals surface area contributed by atoms with Crippen LogP contribution in [0.5, 0.6) is 0 Å². The molecule has 0 spiro atoms. The molecule has 5 heterocycles. The summed E-state index contributed by atoms with van der Waals surface area (Å²) in [4.78, 5) is 34.3. The summed E-state index contributed by atoms with van der Waals surface area (Å²) in [6.45, 7) is 3.79. The van der Waals surface area contributed by atoms with Gasteiger partial charge in [0.2, 0.25) is 5.95 Å². The summed E-state index contributed by atoms with van der Waals surface area (Å²) in [5.41, 5.74) is 9.06. The van der Waals surface area contributed by atoms with E-state index in [1.807, 2.05) is 11.0 Å². The van der Waals surface area contributed by atoms with Crippen LogP contribution < -0.4 is 21.6 Å². The largest absolute Gasteiger partial charge is 0.463 e. The molecule has 1 unspecified atom stereocenters. The Hall–Kier alpha value is -4.50. The molecule has 4 aromatic heterocycles. The van der Waals surface area contributed by atoms with Gasteiger partial charge in [-0.1, -0.05) is 0 Å². The minimum atomic E-state index is -1.01. The van der Waals surface area contributed by atoms with Crippen molar-refractivity contribution in [3.05, 3.63) is 64.5 Å². The number of nitrogen functional groups attached to an aromatic ring is 1. The van der Waals surface area contributed by atoms with Crippen LogP contribution in [-0.2, 0) is 24.4 Å². The molecule has 0 bridgehead atoms. The average Bonchev–Trinajstić information content (AvgIpc) is 3.72. The lowest BCUT2D eigenvalue weighted by Crippen LogP contribution is -2.47. The van der Waals surface area contributed by atoms with E-state index in [2.05, 4.69) is 20.3 Å². The Labute approximate surface area is 248 Å². The van der Waals surface area contributed by atoms with Crippen LogP contribution in [0, 0.1) is 5.82 Å². The van der Waals surface area contributed by atoms with Crippen LogP contribution >= 0.6 is 0 Å². The molecule has 1 aliphatic heterocycles. The molecule has 3 N–H and O–H groups in total. The molecule has 1 fully saturated rings. The maximum Gasteiger partial charge on any atom is 0.330 e. The van der Waals surface area contributed by atoms with Crippen molar-refractivity contribution in [1.29, 1.82) is 0 Å². The van der Waals surface area contributed by atoms with Crippen molar-refractivity contribution in [2.75, 3.05) is 61.9 Å². The lowest BCUT2D eigenvalue weighted by atomic mass is 10.1. The molecule has 0 saturated carbocycles. The number of benzene rings is 1. The number of carbonyl (C=O) groups is 1. The third-order valence-electron chi connectivity index (χ3n) is 7.72. The van der Waals surface area contributed by atoms with Gasteiger partial charge in [0.1, 0.15) is 17.0 Å². The third-order valence-corrected chi connectivity index (χ3v) is 8.50. The van der Waals surface area contributed by atoms with E-state index < -0.39 is 22.5 Å². The number of hydrogen-bond acceptors (Lipinski definition) is 9. The Bertz CT molecular complexity index is 1890. The maximum atomic E-state index is 15.0. The number of nitrogens with zero attached hydrogens (tertiary/aromatic N) is 7. The van der Waals surface area contributed by atoms with Gasteiger partial charge in [0.05, 0.1) is 17.5 Å². The van der Waals surface area contributed by atoms with Crippen LogP contribution in [0.2, 0.25) is 0 Å². The van der Waals surface area contributed by atoms with Crippen LogP contribution in [0.3, 0.4) is 0 Å². The number of aryl methyl sites for hydroxylation is 1. The van der Waals surface area contributed by atoms with Crippen LogP contribution in [-0.4, -0.2) is 90.0 Å².